The van der Waals surface area contributed by atoms with Crippen molar-refractivity contribution in [1.29, 1.82) is 0 Å². The Kier molecular flexibility index (Phi) is 9.79. The number of rotatable bonds is 9. The lowest BCUT2D eigenvalue weighted by Gasteiger charge is -2.36. The maximum absolute atomic E-state index is 13.3. The number of aromatic nitrogens is 1. The van der Waals surface area contributed by atoms with E-state index < -0.39 is 37.6 Å². The summed E-state index contributed by atoms with van der Waals surface area (Å²) in [5, 5.41) is 1.22. The standard InChI is InChI=1S/C37H54N2O7Si/c1-35(2,3)45-34(41)39-23-37(22-30(39)33(40)43-8)19-18-26-27-21-25(42-7)16-17-28(27)38-29(32(26)44-37)15-13-11-12-14-24-20-31(24)46-47(9,10)36(4,5)6/h13,15-17,21,24,30-31H,11-12,14,18-20,22-23H2,1-10H3/t24-,30+,31-,37-/m1/s1. The van der Waals surface area contributed by atoms with Crippen molar-refractivity contribution in [2.45, 2.75) is 128 Å². The normalized spacial score (nSPS) is 24.4. The molecular weight excluding hydrogens is 613 g/mol. The molecule has 1 saturated carbocycles. The Labute approximate surface area is 281 Å². The van der Waals surface area contributed by atoms with Crippen LogP contribution in [-0.4, -0.2) is 74.4 Å². The van der Waals surface area contributed by atoms with Gasteiger partial charge in [0.05, 0.1) is 26.3 Å². The molecule has 1 aromatic heterocycles. The van der Waals surface area contributed by atoms with Crippen LogP contribution in [0.5, 0.6) is 11.5 Å². The van der Waals surface area contributed by atoms with Gasteiger partial charge in [-0.05, 0) is 108 Å². The van der Waals surface area contributed by atoms with Crippen molar-refractivity contribution < 1.29 is 33.0 Å². The molecule has 0 unspecified atom stereocenters. The van der Waals surface area contributed by atoms with Crippen LogP contribution in [0.1, 0.15) is 91.3 Å². The Hall–Kier alpha value is -3.11. The van der Waals surface area contributed by atoms with Crippen LogP contribution in [0.2, 0.25) is 18.1 Å². The van der Waals surface area contributed by atoms with E-state index in [1.807, 2.05) is 39.0 Å². The molecule has 1 aliphatic carbocycles. The van der Waals surface area contributed by atoms with E-state index in [1.165, 1.54) is 18.4 Å². The predicted molar refractivity (Wildman–Crippen MR) is 186 cm³/mol. The Balaban J connectivity index is 1.35. The minimum Gasteiger partial charge on any atom is -0.497 e. The summed E-state index contributed by atoms with van der Waals surface area (Å²) in [7, 11) is 1.26. The van der Waals surface area contributed by atoms with E-state index in [0.717, 1.165) is 47.2 Å². The number of nitrogens with zero attached hydrogens (tertiary/aromatic N) is 2. The van der Waals surface area contributed by atoms with Gasteiger partial charge in [-0.3, -0.25) is 4.90 Å². The summed E-state index contributed by atoms with van der Waals surface area (Å²) >= 11 is 0. The van der Waals surface area contributed by atoms with Crippen molar-refractivity contribution in [1.82, 2.24) is 9.88 Å². The molecule has 1 spiro atoms. The van der Waals surface area contributed by atoms with Gasteiger partial charge in [-0.1, -0.05) is 26.8 Å². The van der Waals surface area contributed by atoms with Gasteiger partial charge in [0.2, 0.25) is 0 Å². The minimum absolute atomic E-state index is 0.222. The van der Waals surface area contributed by atoms with E-state index in [4.69, 9.17) is 28.4 Å². The number of aryl methyl sites for hydroxylation is 1. The second kappa shape index (κ2) is 13.1. The molecule has 2 fully saturated rings. The number of hydrogen-bond acceptors (Lipinski definition) is 8. The molecule has 5 rings (SSSR count). The average Bonchev–Trinajstić information content (AvgIpc) is 3.61. The van der Waals surface area contributed by atoms with Crippen molar-refractivity contribution in [2.24, 2.45) is 5.92 Å². The van der Waals surface area contributed by atoms with Gasteiger partial charge in [0.15, 0.2) is 8.32 Å². The van der Waals surface area contributed by atoms with Gasteiger partial charge in [-0.2, -0.15) is 0 Å². The number of amides is 1. The molecule has 258 valence electrons. The van der Waals surface area contributed by atoms with Crippen LogP contribution in [0.3, 0.4) is 0 Å². The molecule has 0 bridgehead atoms. The van der Waals surface area contributed by atoms with E-state index in [2.05, 4.69) is 46.0 Å². The highest BCUT2D eigenvalue weighted by Gasteiger charge is 2.54. The number of methoxy groups -OCH3 is 2. The number of fused-ring (bicyclic) bond motifs is 3. The van der Waals surface area contributed by atoms with Crippen molar-refractivity contribution in [3.8, 4) is 11.5 Å². The third-order valence-corrected chi connectivity index (χ3v) is 14.8. The van der Waals surface area contributed by atoms with E-state index in [0.29, 0.717) is 37.0 Å². The molecule has 3 heterocycles. The van der Waals surface area contributed by atoms with E-state index >= 15 is 0 Å². The number of hydrogen-bond donors (Lipinski definition) is 0. The first-order valence-corrected chi connectivity index (χ1v) is 20.0. The fourth-order valence-electron chi connectivity index (χ4n) is 6.51. The minimum atomic E-state index is -1.74. The molecule has 47 heavy (non-hydrogen) atoms. The summed E-state index contributed by atoms with van der Waals surface area (Å²) < 4.78 is 29.8. The smallest absolute Gasteiger partial charge is 0.411 e. The average molecular weight is 667 g/mol. The summed E-state index contributed by atoms with van der Waals surface area (Å²) in [6.45, 7) is 17.2. The largest absolute Gasteiger partial charge is 0.497 e. The van der Waals surface area contributed by atoms with Crippen molar-refractivity contribution in [3.63, 3.8) is 0 Å². The first kappa shape index (κ1) is 35.2. The van der Waals surface area contributed by atoms with Gasteiger partial charge < -0.3 is 23.4 Å². The molecule has 2 aromatic rings. The number of allylic oxidation sites excluding steroid dienone is 1. The zero-order chi connectivity index (χ0) is 34.4. The number of ether oxygens (including phenoxy) is 4. The molecule has 1 saturated heterocycles. The Morgan fingerprint density at radius 3 is 2.55 bits per heavy atom. The fourth-order valence-corrected chi connectivity index (χ4v) is 7.91. The summed E-state index contributed by atoms with van der Waals surface area (Å²) in [4.78, 5) is 32.7. The Bertz CT molecular complexity index is 1530. The summed E-state index contributed by atoms with van der Waals surface area (Å²) in [6.07, 6.45) is 10.1. The number of likely N-dealkylation sites (tertiary alicyclic amines) is 1. The third-order valence-electron chi connectivity index (χ3n) is 10.3. The molecule has 0 N–H and O–H groups in total. The predicted octanol–water partition coefficient (Wildman–Crippen LogP) is 8.08. The molecule has 10 heteroatoms. The number of benzene rings is 1. The zero-order valence-corrected chi connectivity index (χ0v) is 31.0. The molecule has 2 aliphatic heterocycles. The van der Waals surface area contributed by atoms with Crippen molar-refractivity contribution in [2.75, 3.05) is 20.8 Å². The maximum Gasteiger partial charge on any atom is 0.411 e. The Morgan fingerprint density at radius 1 is 1.15 bits per heavy atom. The molecule has 0 radical (unpaired) electrons. The van der Waals surface area contributed by atoms with Gasteiger partial charge in [0.1, 0.15) is 34.4 Å². The lowest BCUT2D eigenvalue weighted by Crippen LogP contribution is -2.46. The monoisotopic (exact) mass is 666 g/mol. The summed E-state index contributed by atoms with van der Waals surface area (Å²) in [5.74, 6) is 1.63. The molecule has 1 amide bonds. The van der Waals surface area contributed by atoms with Crippen molar-refractivity contribution >= 4 is 37.4 Å². The highest BCUT2D eigenvalue weighted by molar-refractivity contribution is 6.74. The number of esters is 1. The lowest BCUT2D eigenvalue weighted by molar-refractivity contribution is -0.145. The van der Waals surface area contributed by atoms with Gasteiger partial charge in [-0.15, -0.1) is 0 Å². The number of pyridine rings is 1. The quantitative estimate of drug-likeness (QED) is 0.151. The van der Waals surface area contributed by atoms with E-state index in [1.54, 1.807) is 7.11 Å². The van der Waals surface area contributed by atoms with Gasteiger partial charge in [-0.25, -0.2) is 14.6 Å². The molecule has 4 atom stereocenters. The van der Waals surface area contributed by atoms with E-state index in [-0.39, 0.29) is 11.6 Å². The molecular formula is C37H54N2O7Si. The molecule has 9 nitrogen and oxygen atoms in total. The van der Waals surface area contributed by atoms with Crippen molar-refractivity contribution in [3.05, 3.63) is 35.5 Å². The third kappa shape index (κ3) is 7.80. The van der Waals surface area contributed by atoms with Crippen LogP contribution < -0.4 is 9.47 Å². The second-order valence-electron chi connectivity index (χ2n) is 16.1. The highest BCUT2D eigenvalue weighted by Crippen LogP contribution is 2.47. The molecule has 1 aromatic carbocycles. The van der Waals surface area contributed by atoms with Gasteiger partial charge in [0.25, 0.3) is 0 Å². The first-order chi connectivity index (χ1) is 22.0. The number of carbonyl (C=O) groups is 2. The van der Waals surface area contributed by atoms with Crippen LogP contribution >= 0.6 is 0 Å². The second-order valence-corrected chi connectivity index (χ2v) is 20.8. The zero-order valence-electron chi connectivity index (χ0n) is 30.0. The summed E-state index contributed by atoms with van der Waals surface area (Å²) in [5.41, 5.74) is 1.22. The SMILES string of the molecule is COC(=O)[C@@H]1C[C@]2(CCc3c(c(C=CCCC[C@@H]4C[C@H]4O[Si](C)(C)C(C)(C)C)nc4ccc(OC)cc34)O2)CN1C(=O)OC(C)(C)C. The maximum atomic E-state index is 13.3. The van der Waals surface area contributed by atoms with E-state index in [9.17, 15) is 9.59 Å². The van der Waals surface area contributed by atoms with Crippen LogP contribution in [0.4, 0.5) is 4.79 Å². The molecule has 3 aliphatic rings. The summed E-state index contributed by atoms with van der Waals surface area (Å²) in [6, 6.07) is 5.12. The Morgan fingerprint density at radius 2 is 1.89 bits per heavy atom. The first-order valence-electron chi connectivity index (χ1n) is 17.1. The van der Waals surface area contributed by atoms with Crippen LogP contribution in [0, 0.1) is 5.92 Å². The van der Waals surface area contributed by atoms with Crippen LogP contribution in [0.15, 0.2) is 24.3 Å². The fraction of sp³-hybridized carbons (Fsp3) is 0.649. The van der Waals surface area contributed by atoms with Gasteiger partial charge >= 0.3 is 12.1 Å². The number of carbonyl (C=O) groups excluding carboxylic acids is 2. The highest BCUT2D eigenvalue weighted by atomic mass is 28.4. The lowest BCUT2D eigenvalue weighted by atomic mass is 9.87. The number of unbranched alkanes of at least 4 members (excludes halogenated alkanes) is 1. The van der Waals surface area contributed by atoms with Crippen LogP contribution in [0.25, 0.3) is 17.0 Å². The van der Waals surface area contributed by atoms with Crippen LogP contribution in [-0.2, 0) is 25.1 Å². The topological polar surface area (TPSA) is 96.4 Å². The van der Waals surface area contributed by atoms with Gasteiger partial charge in [0, 0.05) is 23.5 Å².